The maximum atomic E-state index is 12.7. The molecule has 1 aliphatic rings. The number of aromatic nitrogens is 2. The van der Waals surface area contributed by atoms with Gasteiger partial charge >= 0.3 is 11.8 Å². The van der Waals surface area contributed by atoms with Crippen molar-refractivity contribution in [2.75, 3.05) is 11.9 Å². The van der Waals surface area contributed by atoms with E-state index >= 15 is 0 Å². The van der Waals surface area contributed by atoms with Crippen molar-refractivity contribution in [3.05, 3.63) is 35.9 Å². The summed E-state index contributed by atoms with van der Waals surface area (Å²) in [6, 6.07) is 5.30. The van der Waals surface area contributed by atoms with Gasteiger partial charge in [-0.1, -0.05) is 13.8 Å². The van der Waals surface area contributed by atoms with E-state index in [4.69, 9.17) is 4.42 Å². The summed E-state index contributed by atoms with van der Waals surface area (Å²) in [7, 11) is 1.75. The van der Waals surface area contributed by atoms with E-state index in [1.807, 2.05) is 19.1 Å². The fourth-order valence-electron chi connectivity index (χ4n) is 3.20. The number of hydrogen-bond acceptors (Lipinski definition) is 4. The first-order chi connectivity index (χ1) is 12.0. The molecule has 2 amide bonds. The third-order valence-electron chi connectivity index (χ3n) is 4.63. The average Bonchev–Trinajstić information content (AvgIpc) is 3.23. The van der Waals surface area contributed by atoms with E-state index in [1.165, 1.54) is 0 Å². The molecule has 2 aromatic rings. The minimum absolute atomic E-state index is 0.203. The van der Waals surface area contributed by atoms with Crippen molar-refractivity contribution in [3.8, 4) is 0 Å². The average molecular weight is 344 g/mol. The molecule has 0 spiro atoms. The maximum Gasteiger partial charge on any atom is 0.315 e. The van der Waals surface area contributed by atoms with Crippen LogP contribution in [0.2, 0.25) is 0 Å². The Labute approximate surface area is 147 Å². The molecule has 1 saturated heterocycles. The number of nitrogens with one attached hydrogen (secondary N) is 1. The van der Waals surface area contributed by atoms with Gasteiger partial charge < -0.3 is 14.6 Å². The molecule has 2 aromatic heterocycles. The van der Waals surface area contributed by atoms with Crippen LogP contribution < -0.4 is 5.32 Å². The fourth-order valence-corrected chi connectivity index (χ4v) is 3.20. The largest absolute Gasteiger partial charge is 0.464 e. The van der Waals surface area contributed by atoms with Gasteiger partial charge in [-0.25, -0.2) is 0 Å². The van der Waals surface area contributed by atoms with Crippen LogP contribution in [0.1, 0.15) is 44.3 Å². The Hall–Kier alpha value is -2.57. The van der Waals surface area contributed by atoms with Crippen molar-refractivity contribution in [1.29, 1.82) is 0 Å². The van der Waals surface area contributed by atoms with Gasteiger partial charge in [-0.2, -0.15) is 5.10 Å². The third-order valence-corrected chi connectivity index (χ3v) is 4.63. The fraction of sp³-hybridized carbons (Fsp3) is 0.500. The summed E-state index contributed by atoms with van der Waals surface area (Å²) in [5, 5.41) is 6.64. The van der Waals surface area contributed by atoms with Crippen LogP contribution >= 0.6 is 0 Å². The van der Waals surface area contributed by atoms with Crippen LogP contribution in [0.25, 0.3) is 0 Å². The molecular weight excluding hydrogens is 320 g/mol. The molecular formula is C18H24N4O3. The zero-order valence-corrected chi connectivity index (χ0v) is 14.9. The summed E-state index contributed by atoms with van der Waals surface area (Å²) in [6.45, 7) is 4.73. The number of rotatable bonds is 3. The first-order valence-electron chi connectivity index (χ1n) is 8.68. The molecule has 25 heavy (non-hydrogen) atoms. The third kappa shape index (κ3) is 3.75. The van der Waals surface area contributed by atoms with Crippen LogP contribution in [0.15, 0.2) is 28.8 Å². The molecule has 1 aliphatic heterocycles. The second-order valence-corrected chi connectivity index (χ2v) is 6.63. The lowest BCUT2D eigenvalue weighted by molar-refractivity contribution is -0.146. The van der Waals surface area contributed by atoms with Crippen molar-refractivity contribution in [2.45, 2.75) is 39.2 Å². The number of furan rings is 1. The van der Waals surface area contributed by atoms with E-state index < -0.39 is 11.8 Å². The van der Waals surface area contributed by atoms with Crippen molar-refractivity contribution in [3.63, 3.8) is 0 Å². The first-order valence-corrected chi connectivity index (χ1v) is 8.68. The molecule has 2 unspecified atom stereocenters. The van der Waals surface area contributed by atoms with Crippen LogP contribution in [0.3, 0.4) is 0 Å². The predicted octanol–water partition coefficient (Wildman–Crippen LogP) is 2.51. The summed E-state index contributed by atoms with van der Waals surface area (Å²) in [6.07, 6.45) is 4.18. The number of amides is 2. The van der Waals surface area contributed by atoms with Crippen molar-refractivity contribution in [2.24, 2.45) is 13.0 Å². The Morgan fingerprint density at radius 3 is 2.80 bits per heavy atom. The summed E-state index contributed by atoms with van der Waals surface area (Å²) < 4.78 is 7.43. The van der Waals surface area contributed by atoms with E-state index in [2.05, 4.69) is 17.3 Å². The topological polar surface area (TPSA) is 80.4 Å². The minimum atomic E-state index is -0.666. The van der Waals surface area contributed by atoms with Gasteiger partial charge in [0.1, 0.15) is 11.5 Å². The molecule has 134 valence electrons. The maximum absolute atomic E-state index is 12.7. The highest BCUT2D eigenvalue weighted by atomic mass is 16.3. The number of nitrogens with zero attached hydrogens (tertiary/aromatic N) is 3. The van der Waals surface area contributed by atoms with E-state index in [0.29, 0.717) is 18.3 Å². The number of likely N-dealkylation sites (tertiary alicyclic amines) is 1. The highest BCUT2D eigenvalue weighted by Gasteiger charge is 2.35. The van der Waals surface area contributed by atoms with Crippen molar-refractivity contribution < 1.29 is 14.0 Å². The molecule has 0 radical (unpaired) electrons. The van der Waals surface area contributed by atoms with Crippen LogP contribution in [-0.2, 0) is 23.1 Å². The molecule has 3 rings (SSSR count). The monoisotopic (exact) mass is 344 g/mol. The van der Waals surface area contributed by atoms with Crippen LogP contribution in [-0.4, -0.2) is 33.0 Å². The first kappa shape index (κ1) is 17.3. The Kier molecular flexibility index (Phi) is 4.92. The van der Waals surface area contributed by atoms with Gasteiger partial charge in [0.25, 0.3) is 0 Å². The highest BCUT2D eigenvalue weighted by Crippen LogP contribution is 2.35. The molecule has 3 heterocycles. The Morgan fingerprint density at radius 1 is 1.36 bits per heavy atom. The van der Waals surface area contributed by atoms with Gasteiger partial charge in [0, 0.05) is 32.3 Å². The molecule has 1 N–H and O–H groups in total. The number of piperidine rings is 1. The van der Waals surface area contributed by atoms with Gasteiger partial charge in [0.15, 0.2) is 5.82 Å². The number of carbonyl (C=O) groups is 2. The number of carbonyl (C=O) groups excluding carboxylic acids is 2. The van der Waals surface area contributed by atoms with Gasteiger partial charge in [-0.3, -0.25) is 14.3 Å². The smallest absolute Gasteiger partial charge is 0.315 e. The Balaban J connectivity index is 1.76. The Morgan fingerprint density at radius 2 is 2.16 bits per heavy atom. The number of aryl methyl sites for hydroxylation is 2. The molecule has 7 heteroatoms. The van der Waals surface area contributed by atoms with Gasteiger partial charge in [-0.15, -0.1) is 0 Å². The van der Waals surface area contributed by atoms with Gasteiger partial charge in [0.05, 0.1) is 6.04 Å². The second-order valence-electron chi connectivity index (χ2n) is 6.63. The molecule has 1 fully saturated rings. The standard InChI is InChI=1S/C18H24N4O3/c1-4-13-5-6-15(25-13)14-11-12(2)7-10-22(14)18(24)17(23)19-16-8-9-21(3)20-16/h5-6,8-9,12,14H,4,7,10-11H2,1-3H3,(H,19,20,23). The molecule has 0 aliphatic carbocycles. The SMILES string of the molecule is CCc1ccc(C2CC(C)CCN2C(=O)C(=O)Nc2ccn(C)n2)o1. The zero-order chi connectivity index (χ0) is 18.0. The number of hydrogen-bond donors (Lipinski definition) is 1. The van der Waals surface area contributed by atoms with Gasteiger partial charge in [-0.05, 0) is 30.9 Å². The quantitative estimate of drug-likeness (QED) is 0.868. The molecule has 0 saturated carbocycles. The molecule has 2 atom stereocenters. The molecule has 7 nitrogen and oxygen atoms in total. The van der Waals surface area contributed by atoms with Crippen molar-refractivity contribution in [1.82, 2.24) is 14.7 Å². The predicted molar refractivity (Wildman–Crippen MR) is 92.8 cm³/mol. The summed E-state index contributed by atoms with van der Waals surface area (Å²) in [5.41, 5.74) is 0. The van der Waals surface area contributed by atoms with Crippen LogP contribution in [0.5, 0.6) is 0 Å². The highest BCUT2D eigenvalue weighted by molar-refractivity contribution is 6.39. The van der Waals surface area contributed by atoms with E-state index in [1.54, 1.807) is 28.9 Å². The lowest BCUT2D eigenvalue weighted by Gasteiger charge is -2.36. The summed E-state index contributed by atoms with van der Waals surface area (Å²) >= 11 is 0. The van der Waals surface area contributed by atoms with Gasteiger partial charge in [0.2, 0.25) is 0 Å². The lowest BCUT2D eigenvalue weighted by atomic mass is 9.91. The lowest BCUT2D eigenvalue weighted by Crippen LogP contribution is -2.45. The summed E-state index contributed by atoms with van der Waals surface area (Å²) in [5.74, 6) is 1.27. The molecule has 0 bridgehead atoms. The Bertz CT molecular complexity index is 764. The molecule has 0 aromatic carbocycles. The van der Waals surface area contributed by atoms with E-state index in [9.17, 15) is 9.59 Å². The summed E-state index contributed by atoms with van der Waals surface area (Å²) in [4.78, 5) is 26.7. The van der Waals surface area contributed by atoms with Crippen LogP contribution in [0, 0.1) is 5.92 Å². The second kappa shape index (κ2) is 7.13. The van der Waals surface area contributed by atoms with Crippen LogP contribution in [0.4, 0.5) is 5.82 Å². The van der Waals surface area contributed by atoms with E-state index in [-0.39, 0.29) is 6.04 Å². The van der Waals surface area contributed by atoms with E-state index in [0.717, 1.165) is 30.8 Å². The number of anilines is 1. The minimum Gasteiger partial charge on any atom is -0.464 e. The normalized spacial score (nSPS) is 20.5. The van der Waals surface area contributed by atoms with Crippen molar-refractivity contribution >= 4 is 17.6 Å². The zero-order valence-electron chi connectivity index (χ0n) is 14.9.